The predicted molar refractivity (Wildman–Crippen MR) is 62.9 cm³/mol. The smallest absolute Gasteiger partial charge is 0.193 e. The monoisotopic (exact) mass is 231 g/mol. The third kappa shape index (κ3) is 4.74. The molecule has 0 bridgehead atoms. The lowest BCUT2D eigenvalue weighted by molar-refractivity contribution is 0.490. The fourth-order valence-electron chi connectivity index (χ4n) is 0.969. The third-order valence-electron chi connectivity index (χ3n) is 1.59. The molecule has 1 heterocycles. The highest BCUT2D eigenvalue weighted by Gasteiger charge is 1.97. The first-order valence-corrected chi connectivity index (χ1v) is 6.00. The van der Waals surface area contributed by atoms with Crippen molar-refractivity contribution in [2.75, 3.05) is 18.1 Å². The van der Waals surface area contributed by atoms with Crippen LogP contribution in [-0.4, -0.2) is 18.1 Å². The molecular weight excluding hydrogens is 218 g/mol. The van der Waals surface area contributed by atoms with Crippen LogP contribution >= 0.6 is 23.4 Å². The van der Waals surface area contributed by atoms with Gasteiger partial charge in [-0.15, -0.1) is 6.58 Å². The highest BCUT2D eigenvalue weighted by Crippen LogP contribution is 2.12. The van der Waals surface area contributed by atoms with Gasteiger partial charge in [-0.05, 0) is 23.7 Å². The average molecular weight is 232 g/mol. The molecule has 0 aromatic carbocycles. The Hall–Kier alpha value is -0.380. The molecule has 0 radical (unpaired) electrons. The van der Waals surface area contributed by atoms with Crippen LogP contribution in [-0.2, 0) is 6.54 Å². The van der Waals surface area contributed by atoms with Crippen molar-refractivity contribution in [1.82, 2.24) is 5.32 Å². The van der Waals surface area contributed by atoms with Crippen LogP contribution in [0.2, 0.25) is 5.22 Å². The molecule has 0 saturated heterocycles. The molecule has 1 aromatic heterocycles. The second-order valence-electron chi connectivity index (χ2n) is 2.75. The number of rotatable bonds is 7. The van der Waals surface area contributed by atoms with Crippen molar-refractivity contribution in [1.29, 1.82) is 0 Å². The molecule has 0 aliphatic rings. The highest BCUT2D eigenvalue weighted by atomic mass is 35.5. The van der Waals surface area contributed by atoms with Crippen molar-refractivity contribution in [2.45, 2.75) is 6.54 Å². The molecule has 4 heteroatoms. The summed E-state index contributed by atoms with van der Waals surface area (Å²) >= 11 is 7.49. The number of hydrogen-bond acceptors (Lipinski definition) is 3. The maximum Gasteiger partial charge on any atom is 0.193 e. The quantitative estimate of drug-likeness (QED) is 0.577. The molecule has 78 valence electrons. The zero-order chi connectivity index (χ0) is 10.2. The van der Waals surface area contributed by atoms with Gasteiger partial charge in [0.05, 0.1) is 6.54 Å². The molecule has 0 unspecified atom stereocenters. The molecule has 0 aliphatic heterocycles. The second-order valence-corrected chi connectivity index (χ2v) is 4.27. The van der Waals surface area contributed by atoms with Crippen molar-refractivity contribution < 1.29 is 4.42 Å². The Morgan fingerprint density at radius 1 is 1.57 bits per heavy atom. The van der Waals surface area contributed by atoms with Crippen LogP contribution in [0.4, 0.5) is 0 Å². The standard InChI is InChI=1S/C10H14ClNOS/c1-2-6-14-7-5-12-8-9-3-4-10(11)13-9/h2-4,12H,1,5-8H2. The molecule has 2 nitrogen and oxygen atoms in total. The summed E-state index contributed by atoms with van der Waals surface area (Å²) < 4.78 is 5.19. The van der Waals surface area contributed by atoms with E-state index in [1.165, 1.54) is 0 Å². The van der Waals surface area contributed by atoms with E-state index in [-0.39, 0.29) is 0 Å². The molecule has 14 heavy (non-hydrogen) atoms. The van der Waals surface area contributed by atoms with Gasteiger partial charge in [0.1, 0.15) is 5.76 Å². The van der Waals surface area contributed by atoms with Crippen LogP contribution in [0.25, 0.3) is 0 Å². The van der Waals surface area contributed by atoms with Crippen molar-refractivity contribution in [3.05, 3.63) is 35.8 Å². The minimum atomic E-state index is 0.447. The topological polar surface area (TPSA) is 25.2 Å². The summed E-state index contributed by atoms with van der Waals surface area (Å²) in [6.07, 6.45) is 1.91. The fourth-order valence-corrected chi connectivity index (χ4v) is 1.75. The molecule has 0 atom stereocenters. The van der Waals surface area contributed by atoms with E-state index in [9.17, 15) is 0 Å². The van der Waals surface area contributed by atoms with Gasteiger partial charge in [0.15, 0.2) is 5.22 Å². The molecule has 0 amide bonds. The van der Waals surface area contributed by atoms with Crippen molar-refractivity contribution in [2.24, 2.45) is 0 Å². The molecule has 0 spiro atoms. The Balaban J connectivity index is 2.01. The summed E-state index contributed by atoms with van der Waals surface area (Å²) in [7, 11) is 0. The number of hydrogen-bond donors (Lipinski definition) is 1. The number of thioether (sulfide) groups is 1. The largest absolute Gasteiger partial charge is 0.448 e. The summed E-state index contributed by atoms with van der Waals surface area (Å²) in [5, 5.41) is 3.71. The van der Waals surface area contributed by atoms with Gasteiger partial charge in [-0.2, -0.15) is 11.8 Å². The molecule has 0 saturated carbocycles. The van der Waals surface area contributed by atoms with Crippen molar-refractivity contribution >= 4 is 23.4 Å². The SMILES string of the molecule is C=CCSCCNCc1ccc(Cl)o1. The second kappa shape index (κ2) is 6.98. The van der Waals surface area contributed by atoms with E-state index in [1.54, 1.807) is 6.07 Å². The van der Waals surface area contributed by atoms with E-state index in [0.717, 1.165) is 30.4 Å². The Morgan fingerprint density at radius 2 is 2.43 bits per heavy atom. The molecule has 1 N–H and O–H groups in total. The minimum Gasteiger partial charge on any atom is -0.448 e. The van der Waals surface area contributed by atoms with Gasteiger partial charge < -0.3 is 9.73 Å². The zero-order valence-electron chi connectivity index (χ0n) is 7.96. The fraction of sp³-hybridized carbons (Fsp3) is 0.400. The van der Waals surface area contributed by atoms with Crippen LogP contribution in [0.5, 0.6) is 0 Å². The summed E-state index contributed by atoms with van der Waals surface area (Å²) in [4.78, 5) is 0. The number of halogens is 1. The van der Waals surface area contributed by atoms with Crippen molar-refractivity contribution in [3.8, 4) is 0 Å². The first-order chi connectivity index (χ1) is 6.83. The van der Waals surface area contributed by atoms with Crippen LogP contribution < -0.4 is 5.32 Å². The number of furan rings is 1. The lowest BCUT2D eigenvalue weighted by Gasteiger charge is -2.00. The molecule has 1 rings (SSSR count). The molecule has 0 fully saturated rings. The van der Waals surface area contributed by atoms with Crippen LogP contribution in [0, 0.1) is 0 Å². The van der Waals surface area contributed by atoms with Gasteiger partial charge in [0.25, 0.3) is 0 Å². The Labute approximate surface area is 93.7 Å². The summed E-state index contributed by atoms with van der Waals surface area (Å²) in [6, 6.07) is 3.64. The predicted octanol–water partition coefficient (Wildman–Crippen LogP) is 2.94. The first-order valence-electron chi connectivity index (χ1n) is 4.46. The van der Waals surface area contributed by atoms with Crippen LogP contribution in [0.3, 0.4) is 0 Å². The Morgan fingerprint density at radius 3 is 3.07 bits per heavy atom. The van der Waals surface area contributed by atoms with Gasteiger partial charge >= 0.3 is 0 Å². The highest BCUT2D eigenvalue weighted by molar-refractivity contribution is 7.99. The summed E-state index contributed by atoms with van der Waals surface area (Å²) in [5.41, 5.74) is 0. The lowest BCUT2D eigenvalue weighted by Crippen LogP contribution is -2.16. The minimum absolute atomic E-state index is 0.447. The first kappa shape index (κ1) is 11.7. The van der Waals surface area contributed by atoms with E-state index >= 15 is 0 Å². The molecule has 0 aliphatic carbocycles. The normalized spacial score (nSPS) is 10.4. The van der Waals surface area contributed by atoms with Gasteiger partial charge in [0, 0.05) is 18.1 Å². The lowest BCUT2D eigenvalue weighted by atomic mass is 10.4. The van der Waals surface area contributed by atoms with E-state index in [1.807, 2.05) is 23.9 Å². The molecule has 1 aromatic rings. The maximum absolute atomic E-state index is 5.63. The van der Waals surface area contributed by atoms with Crippen LogP contribution in [0.1, 0.15) is 5.76 Å². The maximum atomic E-state index is 5.63. The van der Waals surface area contributed by atoms with E-state index in [0.29, 0.717) is 5.22 Å². The Kier molecular flexibility index (Phi) is 5.83. The van der Waals surface area contributed by atoms with E-state index in [2.05, 4.69) is 11.9 Å². The van der Waals surface area contributed by atoms with Crippen molar-refractivity contribution in [3.63, 3.8) is 0 Å². The van der Waals surface area contributed by atoms with Crippen LogP contribution in [0.15, 0.2) is 29.2 Å². The van der Waals surface area contributed by atoms with Gasteiger partial charge in [0.2, 0.25) is 0 Å². The molecular formula is C10H14ClNOS. The average Bonchev–Trinajstić information content (AvgIpc) is 2.58. The van der Waals surface area contributed by atoms with Gasteiger partial charge in [-0.3, -0.25) is 0 Å². The van der Waals surface area contributed by atoms with E-state index in [4.69, 9.17) is 16.0 Å². The summed E-state index contributed by atoms with van der Waals surface area (Å²) in [6.45, 7) is 5.36. The summed E-state index contributed by atoms with van der Waals surface area (Å²) in [5.74, 6) is 2.97. The third-order valence-corrected chi connectivity index (χ3v) is 2.75. The number of nitrogens with one attached hydrogen (secondary N) is 1. The van der Waals surface area contributed by atoms with E-state index < -0.39 is 0 Å². The van der Waals surface area contributed by atoms with Gasteiger partial charge in [-0.1, -0.05) is 6.08 Å². The van der Waals surface area contributed by atoms with Gasteiger partial charge in [-0.25, -0.2) is 0 Å². The Bertz CT molecular complexity index is 275. The zero-order valence-corrected chi connectivity index (χ0v) is 9.53.